The van der Waals surface area contributed by atoms with Crippen LogP contribution in [0.2, 0.25) is 0 Å². The van der Waals surface area contributed by atoms with Gasteiger partial charge in [0.25, 0.3) is 0 Å². The highest BCUT2D eigenvalue weighted by atomic mass is 16.5. The molecule has 3 rings (SSSR count). The van der Waals surface area contributed by atoms with E-state index in [9.17, 15) is 14.4 Å². The second-order valence-corrected chi connectivity index (χ2v) is 7.25. The number of hydrogen-bond acceptors (Lipinski definition) is 4. The lowest BCUT2D eigenvalue weighted by molar-refractivity contribution is -0.147. The molecule has 0 fully saturated rings. The molecule has 0 heterocycles. The van der Waals surface area contributed by atoms with E-state index in [2.05, 4.69) is 17.4 Å². The zero-order valence-corrected chi connectivity index (χ0v) is 17.6. The highest BCUT2D eigenvalue weighted by molar-refractivity contribution is 5.91. The first-order valence-corrected chi connectivity index (χ1v) is 10.2. The molecule has 2 aromatic rings. The summed E-state index contributed by atoms with van der Waals surface area (Å²) in [6, 6.07) is 15.3. The van der Waals surface area contributed by atoms with Gasteiger partial charge in [0, 0.05) is 25.1 Å². The summed E-state index contributed by atoms with van der Waals surface area (Å²) in [6.07, 6.45) is 2.15. The summed E-state index contributed by atoms with van der Waals surface area (Å²) in [4.78, 5) is 36.5. The molecule has 2 amide bonds. The van der Waals surface area contributed by atoms with Crippen LogP contribution in [0.1, 0.15) is 30.9 Å². The Bertz CT molecular complexity index is 955. The second kappa shape index (κ2) is 9.93. The van der Waals surface area contributed by atoms with Gasteiger partial charge >= 0.3 is 12.1 Å². The maximum absolute atomic E-state index is 12.1. The Balaban J connectivity index is 1.52. The number of carboxylic acid groups (broad SMARTS) is 1. The standard InChI is InChI=1S/C24H26N2O5/c1-3-26(16(2)23(28)29)22(27)13-8-14-25-24(30)31-15-21-19-11-6-4-9-17(19)18-10-5-7-12-20(18)21/h4-13,16,21H,3,14-15H2,1-2H3,(H,25,30)(H,28,29)/b13-8+. The molecule has 1 aliphatic carbocycles. The quantitative estimate of drug-likeness (QED) is 0.636. The van der Waals surface area contributed by atoms with Crippen molar-refractivity contribution in [2.24, 2.45) is 0 Å². The van der Waals surface area contributed by atoms with Gasteiger partial charge in [0.05, 0.1) is 0 Å². The number of nitrogens with one attached hydrogen (secondary N) is 1. The molecule has 1 aliphatic rings. The van der Waals surface area contributed by atoms with Gasteiger partial charge < -0.3 is 20.1 Å². The molecule has 0 saturated carbocycles. The summed E-state index contributed by atoms with van der Waals surface area (Å²) in [5.74, 6) is -1.52. The lowest BCUT2D eigenvalue weighted by Gasteiger charge is -2.23. The van der Waals surface area contributed by atoms with Crippen LogP contribution in [0, 0.1) is 0 Å². The largest absolute Gasteiger partial charge is 0.480 e. The van der Waals surface area contributed by atoms with Gasteiger partial charge in [-0.25, -0.2) is 9.59 Å². The minimum atomic E-state index is -1.07. The number of benzene rings is 2. The molecule has 1 atom stereocenters. The minimum absolute atomic E-state index is 0.0223. The van der Waals surface area contributed by atoms with E-state index in [-0.39, 0.29) is 25.6 Å². The highest BCUT2D eigenvalue weighted by Crippen LogP contribution is 2.44. The van der Waals surface area contributed by atoms with E-state index in [1.54, 1.807) is 6.92 Å². The highest BCUT2D eigenvalue weighted by Gasteiger charge is 2.29. The first-order chi connectivity index (χ1) is 14.9. The average molecular weight is 422 g/mol. The third-order valence-corrected chi connectivity index (χ3v) is 5.42. The predicted molar refractivity (Wildman–Crippen MR) is 117 cm³/mol. The van der Waals surface area contributed by atoms with Crippen LogP contribution in [0.25, 0.3) is 11.1 Å². The normalized spacial score (nSPS) is 13.4. The maximum Gasteiger partial charge on any atom is 0.407 e. The van der Waals surface area contributed by atoms with Gasteiger partial charge in [-0.15, -0.1) is 0 Å². The van der Waals surface area contributed by atoms with Crippen LogP contribution in [-0.2, 0) is 14.3 Å². The second-order valence-electron chi connectivity index (χ2n) is 7.25. The number of likely N-dealkylation sites (N-methyl/N-ethyl adjacent to an activating group) is 1. The van der Waals surface area contributed by atoms with Gasteiger partial charge in [-0.1, -0.05) is 54.6 Å². The molecule has 31 heavy (non-hydrogen) atoms. The van der Waals surface area contributed by atoms with E-state index in [1.165, 1.54) is 24.0 Å². The molecule has 7 nitrogen and oxygen atoms in total. The number of hydrogen-bond donors (Lipinski definition) is 2. The van der Waals surface area contributed by atoms with Crippen molar-refractivity contribution >= 4 is 18.0 Å². The summed E-state index contributed by atoms with van der Waals surface area (Å²) >= 11 is 0. The van der Waals surface area contributed by atoms with Gasteiger partial charge in [-0.3, -0.25) is 4.79 Å². The van der Waals surface area contributed by atoms with Gasteiger partial charge in [-0.05, 0) is 36.1 Å². The number of fused-ring (bicyclic) bond motifs is 3. The number of carbonyl (C=O) groups is 3. The number of amides is 2. The first-order valence-electron chi connectivity index (χ1n) is 10.2. The van der Waals surface area contributed by atoms with Crippen molar-refractivity contribution < 1.29 is 24.2 Å². The van der Waals surface area contributed by atoms with E-state index in [1.807, 2.05) is 36.4 Å². The fraction of sp³-hybridized carbons (Fsp3) is 0.292. The Labute approximate surface area is 181 Å². The van der Waals surface area contributed by atoms with Crippen LogP contribution in [0.4, 0.5) is 4.79 Å². The Hall–Kier alpha value is -3.61. The predicted octanol–water partition coefficient (Wildman–Crippen LogP) is 3.40. The number of ether oxygens (including phenoxy) is 1. The van der Waals surface area contributed by atoms with Crippen LogP contribution < -0.4 is 5.32 Å². The van der Waals surface area contributed by atoms with E-state index < -0.39 is 24.0 Å². The summed E-state index contributed by atoms with van der Waals surface area (Å²) in [5.41, 5.74) is 4.58. The van der Waals surface area contributed by atoms with E-state index in [0.29, 0.717) is 0 Å². The summed E-state index contributed by atoms with van der Waals surface area (Å²) in [7, 11) is 0. The zero-order chi connectivity index (χ0) is 22.4. The van der Waals surface area contributed by atoms with Gasteiger partial charge in [-0.2, -0.15) is 0 Å². The maximum atomic E-state index is 12.1. The molecule has 0 radical (unpaired) electrons. The van der Waals surface area contributed by atoms with Crippen LogP contribution >= 0.6 is 0 Å². The molecule has 1 unspecified atom stereocenters. The molecule has 0 aromatic heterocycles. The molecule has 7 heteroatoms. The Kier molecular flexibility index (Phi) is 7.07. The number of aliphatic carboxylic acids is 1. The molecular formula is C24H26N2O5. The monoisotopic (exact) mass is 422 g/mol. The molecule has 0 spiro atoms. The lowest BCUT2D eigenvalue weighted by Crippen LogP contribution is -2.42. The molecular weight excluding hydrogens is 396 g/mol. The molecule has 2 N–H and O–H groups in total. The lowest BCUT2D eigenvalue weighted by atomic mass is 9.98. The van der Waals surface area contributed by atoms with E-state index in [0.717, 1.165) is 22.3 Å². The van der Waals surface area contributed by atoms with E-state index >= 15 is 0 Å². The Morgan fingerprint density at radius 2 is 1.68 bits per heavy atom. The third kappa shape index (κ3) is 4.94. The van der Waals surface area contributed by atoms with Crippen molar-refractivity contribution in [1.29, 1.82) is 0 Å². The Morgan fingerprint density at radius 1 is 1.10 bits per heavy atom. The molecule has 162 valence electrons. The van der Waals surface area contributed by atoms with Crippen molar-refractivity contribution in [2.45, 2.75) is 25.8 Å². The number of nitrogens with zero attached hydrogens (tertiary/aromatic N) is 1. The SMILES string of the molecule is CCN(C(=O)/C=C/CNC(=O)OCC1c2ccccc2-c2ccccc21)C(C)C(=O)O. The number of rotatable bonds is 8. The smallest absolute Gasteiger partial charge is 0.407 e. The fourth-order valence-electron chi connectivity index (χ4n) is 3.80. The zero-order valence-electron chi connectivity index (χ0n) is 17.6. The van der Waals surface area contributed by atoms with Gasteiger partial charge in [0.15, 0.2) is 0 Å². The summed E-state index contributed by atoms with van der Waals surface area (Å²) < 4.78 is 5.43. The first kappa shape index (κ1) is 22.1. The van der Waals surface area contributed by atoms with E-state index in [4.69, 9.17) is 9.84 Å². The molecule has 0 saturated heterocycles. The van der Waals surface area contributed by atoms with Crippen molar-refractivity contribution in [3.63, 3.8) is 0 Å². The molecule has 0 aliphatic heterocycles. The van der Waals surface area contributed by atoms with Crippen LogP contribution in [0.15, 0.2) is 60.7 Å². The minimum Gasteiger partial charge on any atom is -0.480 e. The summed E-state index contributed by atoms with van der Waals surface area (Å²) in [6.45, 7) is 3.74. The number of carbonyl (C=O) groups excluding carboxylic acids is 2. The van der Waals surface area contributed by atoms with Crippen molar-refractivity contribution in [1.82, 2.24) is 10.2 Å². The van der Waals surface area contributed by atoms with Gasteiger partial charge in [0.1, 0.15) is 12.6 Å². The third-order valence-electron chi connectivity index (χ3n) is 5.42. The summed E-state index contributed by atoms with van der Waals surface area (Å²) in [5, 5.41) is 11.6. The molecule has 2 aromatic carbocycles. The topological polar surface area (TPSA) is 95.9 Å². The van der Waals surface area contributed by atoms with Gasteiger partial charge in [0.2, 0.25) is 5.91 Å². The fourth-order valence-corrected chi connectivity index (χ4v) is 3.80. The van der Waals surface area contributed by atoms with Crippen molar-refractivity contribution in [2.75, 3.05) is 19.7 Å². The van der Waals surface area contributed by atoms with Crippen molar-refractivity contribution in [3.8, 4) is 11.1 Å². The number of carboxylic acids is 1. The molecule has 0 bridgehead atoms. The van der Waals surface area contributed by atoms with Crippen LogP contribution in [0.5, 0.6) is 0 Å². The number of alkyl carbamates (subject to hydrolysis) is 1. The Morgan fingerprint density at radius 3 is 2.23 bits per heavy atom. The van der Waals surface area contributed by atoms with Crippen LogP contribution in [-0.4, -0.2) is 53.7 Å². The van der Waals surface area contributed by atoms with Crippen LogP contribution in [0.3, 0.4) is 0 Å². The average Bonchev–Trinajstić information content (AvgIpc) is 3.09. The van der Waals surface area contributed by atoms with Crippen molar-refractivity contribution in [3.05, 3.63) is 71.8 Å².